The number of rotatable bonds is 6. The number of β-amino-alcohol motifs (C(OH)–C–C–N with tert-alkyl or cyclic N) is 1. The Morgan fingerprint density at radius 3 is 2.67 bits per heavy atom. The van der Waals surface area contributed by atoms with Crippen LogP contribution in [0.15, 0.2) is 0 Å². The van der Waals surface area contributed by atoms with E-state index in [2.05, 4.69) is 11.8 Å². The van der Waals surface area contributed by atoms with Crippen molar-refractivity contribution in [1.29, 1.82) is 0 Å². The third kappa shape index (κ3) is 3.06. The topological polar surface area (TPSA) is 52.5 Å². The van der Waals surface area contributed by atoms with Crippen molar-refractivity contribution in [3.8, 4) is 0 Å². The van der Waals surface area contributed by atoms with Gasteiger partial charge in [-0.25, -0.2) is 0 Å². The molecule has 2 unspecified atom stereocenters. The van der Waals surface area contributed by atoms with E-state index in [1.165, 1.54) is 0 Å². The molecule has 0 radical (unpaired) electrons. The van der Waals surface area contributed by atoms with E-state index in [4.69, 9.17) is 10.8 Å². The summed E-state index contributed by atoms with van der Waals surface area (Å²) in [6, 6.07) is 0. The second kappa shape index (κ2) is 4.77. The van der Waals surface area contributed by atoms with Crippen LogP contribution in [0.2, 0.25) is 0 Å². The van der Waals surface area contributed by atoms with Gasteiger partial charge in [-0.3, -0.25) is 9.80 Å². The zero-order valence-corrected chi connectivity index (χ0v) is 7.74. The van der Waals surface area contributed by atoms with Gasteiger partial charge in [0, 0.05) is 19.6 Å². The van der Waals surface area contributed by atoms with Crippen LogP contribution >= 0.6 is 0 Å². The maximum atomic E-state index is 9.08. The molecule has 1 aliphatic rings. The molecule has 0 aliphatic carbocycles. The Hall–Kier alpha value is -0.160. The van der Waals surface area contributed by atoms with E-state index in [9.17, 15) is 0 Å². The number of aliphatic hydroxyl groups excluding tert-OH is 1. The predicted molar refractivity (Wildman–Crippen MR) is 48.5 cm³/mol. The third-order valence-electron chi connectivity index (χ3n) is 2.05. The summed E-state index contributed by atoms with van der Waals surface area (Å²) in [5.41, 5.74) is 5.47. The van der Waals surface area contributed by atoms with Gasteiger partial charge in [0.1, 0.15) is 6.23 Å². The lowest BCUT2D eigenvalue weighted by atomic mass is 10.4. The summed E-state index contributed by atoms with van der Waals surface area (Å²) in [6.07, 6.45) is 0.950. The van der Waals surface area contributed by atoms with Crippen molar-refractivity contribution >= 4 is 0 Å². The second-order valence-corrected chi connectivity index (χ2v) is 3.30. The van der Waals surface area contributed by atoms with E-state index in [1.807, 2.05) is 4.90 Å². The Kier molecular flexibility index (Phi) is 3.94. The van der Waals surface area contributed by atoms with Crippen molar-refractivity contribution < 1.29 is 5.11 Å². The van der Waals surface area contributed by atoms with Crippen molar-refractivity contribution in [1.82, 2.24) is 9.80 Å². The molecule has 3 N–H and O–H groups in total. The highest BCUT2D eigenvalue weighted by Crippen LogP contribution is 2.13. The fraction of sp³-hybridized carbons (Fsp3) is 1.00. The second-order valence-electron chi connectivity index (χ2n) is 3.30. The van der Waals surface area contributed by atoms with Crippen LogP contribution in [0.3, 0.4) is 0 Å². The molecule has 1 rings (SSSR count). The molecule has 1 saturated heterocycles. The summed E-state index contributed by atoms with van der Waals surface area (Å²) in [5, 5.41) is 9.08. The quantitative estimate of drug-likeness (QED) is 0.519. The molecule has 0 spiro atoms. The van der Waals surface area contributed by atoms with Gasteiger partial charge in [0.25, 0.3) is 0 Å². The van der Waals surface area contributed by atoms with E-state index in [1.54, 1.807) is 0 Å². The number of nitrogens with zero attached hydrogens (tertiary/aromatic N) is 2. The molecular formula is C8H19N3O. The Morgan fingerprint density at radius 2 is 2.25 bits per heavy atom. The van der Waals surface area contributed by atoms with Gasteiger partial charge in [0.05, 0.1) is 6.67 Å². The van der Waals surface area contributed by atoms with E-state index in [-0.39, 0.29) is 6.23 Å². The summed E-state index contributed by atoms with van der Waals surface area (Å²) in [6.45, 7) is 6.54. The van der Waals surface area contributed by atoms with E-state index < -0.39 is 0 Å². The smallest absolute Gasteiger partial charge is 0.121 e. The first-order valence-corrected chi connectivity index (χ1v) is 4.62. The fourth-order valence-electron chi connectivity index (χ4n) is 1.32. The highest BCUT2D eigenvalue weighted by atomic mass is 16.3. The molecule has 72 valence electrons. The lowest BCUT2D eigenvalue weighted by Gasteiger charge is -2.20. The van der Waals surface area contributed by atoms with Gasteiger partial charge in [0.2, 0.25) is 0 Å². The minimum Gasteiger partial charge on any atom is -0.377 e. The predicted octanol–water partition coefficient (Wildman–Crippen LogP) is -0.751. The molecule has 12 heavy (non-hydrogen) atoms. The van der Waals surface area contributed by atoms with Crippen molar-refractivity contribution in [3.63, 3.8) is 0 Å². The van der Waals surface area contributed by atoms with Crippen LogP contribution in [0.25, 0.3) is 0 Å². The van der Waals surface area contributed by atoms with Crippen molar-refractivity contribution in [2.24, 2.45) is 5.73 Å². The van der Waals surface area contributed by atoms with Gasteiger partial charge in [0.15, 0.2) is 0 Å². The minimum atomic E-state index is -0.192. The van der Waals surface area contributed by atoms with Gasteiger partial charge >= 0.3 is 0 Å². The molecule has 0 saturated carbocycles. The minimum absolute atomic E-state index is 0.192. The zero-order chi connectivity index (χ0) is 8.97. The van der Waals surface area contributed by atoms with Crippen LogP contribution in [0.1, 0.15) is 13.3 Å². The summed E-state index contributed by atoms with van der Waals surface area (Å²) >= 11 is 0. The van der Waals surface area contributed by atoms with E-state index in [0.717, 1.165) is 32.7 Å². The average molecular weight is 173 g/mol. The molecule has 1 heterocycles. The molecule has 0 aromatic rings. The summed E-state index contributed by atoms with van der Waals surface area (Å²) < 4.78 is 0. The molecule has 4 heteroatoms. The first-order valence-electron chi connectivity index (χ1n) is 4.62. The maximum Gasteiger partial charge on any atom is 0.121 e. The number of nitrogens with two attached hydrogens (primary N) is 1. The molecule has 2 atom stereocenters. The highest BCUT2D eigenvalue weighted by molar-refractivity contribution is 4.78. The van der Waals surface area contributed by atoms with Gasteiger partial charge in [-0.15, -0.1) is 0 Å². The largest absolute Gasteiger partial charge is 0.377 e. The Balaban J connectivity index is 2.13. The van der Waals surface area contributed by atoms with Crippen LogP contribution < -0.4 is 5.73 Å². The third-order valence-corrected chi connectivity index (χ3v) is 2.05. The van der Waals surface area contributed by atoms with Crippen molar-refractivity contribution in [2.45, 2.75) is 19.6 Å². The van der Waals surface area contributed by atoms with E-state index in [0.29, 0.717) is 6.54 Å². The standard InChI is InChI=1S/C8H19N3O/c1-2-4-10(5-3-9)7-11-6-8(11)12/h8,12H,2-7,9H2,1H3. The van der Waals surface area contributed by atoms with Crippen LogP contribution in [0, 0.1) is 0 Å². The summed E-state index contributed by atoms with van der Waals surface area (Å²) in [7, 11) is 0. The van der Waals surface area contributed by atoms with Crippen molar-refractivity contribution in [3.05, 3.63) is 0 Å². The first kappa shape index (κ1) is 9.92. The average Bonchev–Trinajstić information content (AvgIpc) is 2.67. The number of hydrogen-bond acceptors (Lipinski definition) is 4. The van der Waals surface area contributed by atoms with Crippen LogP contribution in [-0.2, 0) is 0 Å². The van der Waals surface area contributed by atoms with Crippen molar-refractivity contribution in [2.75, 3.05) is 32.8 Å². The zero-order valence-electron chi connectivity index (χ0n) is 7.74. The molecule has 1 aliphatic heterocycles. The number of hydrogen-bond donors (Lipinski definition) is 2. The molecule has 0 bridgehead atoms. The van der Waals surface area contributed by atoms with Gasteiger partial charge in [-0.2, -0.15) is 0 Å². The Labute approximate surface area is 73.9 Å². The lowest BCUT2D eigenvalue weighted by Crippen LogP contribution is -2.34. The monoisotopic (exact) mass is 173 g/mol. The maximum absolute atomic E-state index is 9.08. The van der Waals surface area contributed by atoms with Gasteiger partial charge in [-0.1, -0.05) is 6.92 Å². The fourth-order valence-corrected chi connectivity index (χ4v) is 1.32. The summed E-state index contributed by atoms with van der Waals surface area (Å²) in [4.78, 5) is 4.29. The Morgan fingerprint density at radius 1 is 1.58 bits per heavy atom. The van der Waals surface area contributed by atoms with Crippen LogP contribution in [-0.4, -0.2) is 54.0 Å². The Bertz CT molecular complexity index is 125. The number of aliphatic hydroxyl groups is 1. The molecule has 1 fully saturated rings. The van der Waals surface area contributed by atoms with E-state index >= 15 is 0 Å². The first-order chi connectivity index (χ1) is 5.77. The van der Waals surface area contributed by atoms with Crippen LogP contribution in [0.5, 0.6) is 0 Å². The molecular weight excluding hydrogens is 154 g/mol. The highest BCUT2D eigenvalue weighted by Gasteiger charge is 2.32. The normalized spacial score (nSPS) is 28.0. The molecule has 4 nitrogen and oxygen atoms in total. The van der Waals surface area contributed by atoms with Gasteiger partial charge in [-0.05, 0) is 13.0 Å². The molecule has 0 aromatic heterocycles. The van der Waals surface area contributed by atoms with Crippen LogP contribution in [0.4, 0.5) is 0 Å². The molecule has 0 aromatic carbocycles. The molecule has 0 amide bonds. The van der Waals surface area contributed by atoms with Gasteiger partial charge < -0.3 is 10.8 Å². The SMILES string of the molecule is CCCN(CCN)CN1CC1O. The summed E-state index contributed by atoms with van der Waals surface area (Å²) in [5.74, 6) is 0. The lowest BCUT2D eigenvalue weighted by molar-refractivity contribution is 0.146.